The molecule has 0 spiro atoms. The molecule has 1 aromatic rings. The largest absolute Gasteiger partial charge is 0.461 e. The molecule has 0 unspecified atom stereocenters. The summed E-state index contributed by atoms with van der Waals surface area (Å²) in [4.78, 5) is 26.5. The van der Waals surface area contributed by atoms with Gasteiger partial charge in [0.05, 0.1) is 17.0 Å². The molecule has 0 saturated carbocycles. The number of esters is 1. The zero-order valence-corrected chi connectivity index (χ0v) is 9.62. The number of hydrogen-bond donors (Lipinski definition) is 1. The van der Waals surface area contributed by atoms with Crippen molar-refractivity contribution in [3.05, 3.63) is 22.2 Å². The fourth-order valence-corrected chi connectivity index (χ4v) is 1.70. The van der Waals surface area contributed by atoms with E-state index >= 15 is 0 Å². The van der Waals surface area contributed by atoms with E-state index in [0.717, 1.165) is 0 Å². The van der Waals surface area contributed by atoms with Crippen molar-refractivity contribution in [1.29, 1.82) is 0 Å². The highest BCUT2D eigenvalue weighted by atomic mass is 32.1. The van der Waals surface area contributed by atoms with Gasteiger partial charge in [-0.2, -0.15) is 0 Å². The van der Waals surface area contributed by atoms with E-state index in [4.69, 9.17) is 10.5 Å². The first-order chi connectivity index (χ1) is 7.65. The Morgan fingerprint density at radius 3 is 3.00 bits per heavy atom. The quantitative estimate of drug-likeness (QED) is 0.784. The van der Waals surface area contributed by atoms with Crippen molar-refractivity contribution in [1.82, 2.24) is 4.98 Å². The zero-order chi connectivity index (χ0) is 12.0. The van der Waals surface area contributed by atoms with Crippen molar-refractivity contribution < 1.29 is 14.3 Å². The lowest BCUT2D eigenvalue weighted by atomic mass is 10.3. The molecule has 6 heteroatoms. The Kier molecular flexibility index (Phi) is 4.65. The Hall–Kier alpha value is -1.69. The molecule has 1 aromatic heterocycles. The molecule has 1 amide bonds. The van der Waals surface area contributed by atoms with Gasteiger partial charge in [0, 0.05) is 6.42 Å². The standard InChI is InChI=1S/C10H12N2O3S/c1-2-15-10(14)9-7(16-6-12-9)4-3-5-8(11)13/h3-4,6H,2,5H2,1H3,(H2,11,13). The van der Waals surface area contributed by atoms with E-state index in [-0.39, 0.29) is 12.1 Å². The van der Waals surface area contributed by atoms with Gasteiger partial charge in [0.15, 0.2) is 5.69 Å². The number of rotatable bonds is 5. The molecule has 1 heterocycles. The predicted octanol–water partition coefficient (Wildman–Crippen LogP) is 1.21. The number of carbonyl (C=O) groups is 2. The van der Waals surface area contributed by atoms with Crippen LogP contribution in [0.25, 0.3) is 6.08 Å². The third kappa shape index (κ3) is 3.47. The first kappa shape index (κ1) is 12.4. The van der Waals surface area contributed by atoms with Crippen LogP contribution in [-0.4, -0.2) is 23.5 Å². The SMILES string of the molecule is CCOC(=O)c1ncsc1C=CCC(N)=O. The lowest BCUT2D eigenvalue weighted by Gasteiger charge is -1.98. The van der Waals surface area contributed by atoms with Crippen LogP contribution in [0.1, 0.15) is 28.7 Å². The molecule has 0 atom stereocenters. The van der Waals surface area contributed by atoms with Crippen molar-refractivity contribution in [2.75, 3.05) is 6.61 Å². The van der Waals surface area contributed by atoms with Gasteiger partial charge in [0.1, 0.15) is 0 Å². The Balaban J connectivity index is 2.74. The van der Waals surface area contributed by atoms with Gasteiger partial charge in [-0.05, 0) is 13.0 Å². The number of primary amides is 1. The van der Waals surface area contributed by atoms with Crippen molar-refractivity contribution in [2.24, 2.45) is 5.73 Å². The fourth-order valence-electron chi connectivity index (χ4n) is 1.01. The number of hydrogen-bond acceptors (Lipinski definition) is 5. The minimum atomic E-state index is -0.456. The molecule has 86 valence electrons. The van der Waals surface area contributed by atoms with E-state index < -0.39 is 11.9 Å². The molecule has 0 aliphatic rings. The highest BCUT2D eigenvalue weighted by molar-refractivity contribution is 7.10. The van der Waals surface area contributed by atoms with Crippen LogP contribution in [0.15, 0.2) is 11.6 Å². The molecule has 1 rings (SSSR count). The molecule has 16 heavy (non-hydrogen) atoms. The van der Waals surface area contributed by atoms with Crippen LogP contribution in [0.3, 0.4) is 0 Å². The first-order valence-corrected chi connectivity index (χ1v) is 5.58. The minimum Gasteiger partial charge on any atom is -0.461 e. The number of amides is 1. The number of nitrogens with zero attached hydrogens (tertiary/aromatic N) is 1. The number of nitrogens with two attached hydrogens (primary N) is 1. The van der Waals surface area contributed by atoms with Crippen molar-refractivity contribution in [3.63, 3.8) is 0 Å². The summed E-state index contributed by atoms with van der Waals surface area (Å²) in [6.07, 6.45) is 3.38. The average molecular weight is 240 g/mol. The summed E-state index contributed by atoms with van der Waals surface area (Å²) in [5, 5.41) is 0. The molecular weight excluding hydrogens is 228 g/mol. The maximum atomic E-state index is 11.4. The lowest BCUT2D eigenvalue weighted by Crippen LogP contribution is -2.08. The molecule has 2 N–H and O–H groups in total. The Labute approximate surface area is 96.9 Å². The van der Waals surface area contributed by atoms with Crippen LogP contribution < -0.4 is 5.73 Å². The van der Waals surface area contributed by atoms with Crippen molar-refractivity contribution >= 4 is 29.3 Å². The van der Waals surface area contributed by atoms with E-state index in [1.54, 1.807) is 24.6 Å². The van der Waals surface area contributed by atoms with E-state index in [9.17, 15) is 9.59 Å². The molecule has 0 aliphatic heterocycles. The van der Waals surface area contributed by atoms with Crippen LogP contribution in [0.5, 0.6) is 0 Å². The maximum absolute atomic E-state index is 11.4. The highest BCUT2D eigenvalue weighted by Crippen LogP contribution is 2.16. The van der Waals surface area contributed by atoms with Gasteiger partial charge in [0.2, 0.25) is 5.91 Å². The van der Waals surface area contributed by atoms with Crippen LogP contribution in [0.4, 0.5) is 0 Å². The molecule has 0 bridgehead atoms. The third-order valence-electron chi connectivity index (χ3n) is 1.65. The van der Waals surface area contributed by atoms with E-state index in [1.807, 2.05) is 0 Å². The Morgan fingerprint density at radius 2 is 2.38 bits per heavy atom. The summed E-state index contributed by atoms with van der Waals surface area (Å²) in [6.45, 7) is 2.04. The number of aromatic nitrogens is 1. The highest BCUT2D eigenvalue weighted by Gasteiger charge is 2.13. The summed E-state index contributed by atoms with van der Waals surface area (Å²) < 4.78 is 4.83. The monoisotopic (exact) mass is 240 g/mol. The van der Waals surface area contributed by atoms with Crippen LogP contribution in [-0.2, 0) is 9.53 Å². The topological polar surface area (TPSA) is 82.3 Å². The van der Waals surface area contributed by atoms with Gasteiger partial charge in [-0.1, -0.05) is 6.08 Å². The predicted molar refractivity (Wildman–Crippen MR) is 60.9 cm³/mol. The van der Waals surface area contributed by atoms with E-state index in [0.29, 0.717) is 11.5 Å². The second kappa shape index (κ2) is 6.02. The van der Waals surface area contributed by atoms with Crippen LogP contribution >= 0.6 is 11.3 Å². The minimum absolute atomic E-state index is 0.139. The lowest BCUT2D eigenvalue weighted by molar-refractivity contribution is -0.117. The molecule has 5 nitrogen and oxygen atoms in total. The summed E-state index contributed by atoms with van der Waals surface area (Å²) in [7, 11) is 0. The van der Waals surface area contributed by atoms with Gasteiger partial charge in [-0.25, -0.2) is 9.78 Å². The normalized spacial score (nSPS) is 10.6. The van der Waals surface area contributed by atoms with Gasteiger partial charge < -0.3 is 10.5 Å². The van der Waals surface area contributed by atoms with Gasteiger partial charge in [-0.3, -0.25) is 4.79 Å². The Morgan fingerprint density at radius 1 is 1.62 bits per heavy atom. The van der Waals surface area contributed by atoms with Crippen molar-refractivity contribution in [2.45, 2.75) is 13.3 Å². The second-order valence-electron chi connectivity index (χ2n) is 2.86. The van der Waals surface area contributed by atoms with E-state index in [1.165, 1.54) is 11.3 Å². The van der Waals surface area contributed by atoms with Gasteiger partial charge in [-0.15, -0.1) is 11.3 Å². The number of thiazole rings is 1. The molecule has 0 fully saturated rings. The molecule has 0 aliphatic carbocycles. The number of ether oxygens (including phenoxy) is 1. The van der Waals surface area contributed by atoms with Crippen LogP contribution in [0, 0.1) is 0 Å². The Bertz CT molecular complexity index is 412. The molecule has 0 saturated heterocycles. The summed E-state index contributed by atoms with van der Waals surface area (Å²) in [6, 6.07) is 0. The summed E-state index contributed by atoms with van der Waals surface area (Å²) in [5.74, 6) is -0.874. The molecule has 0 aromatic carbocycles. The zero-order valence-electron chi connectivity index (χ0n) is 8.80. The summed E-state index contributed by atoms with van der Waals surface area (Å²) >= 11 is 1.30. The smallest absolute Gasteiger partial charge is 0.358 e. The van der Waals surface area contributed by atoms with Gasteiger partial charge >= 0.3 is 5.97 Å². The van der Waals surface area contributed by atoms with E-state index in [2.05, 4.69) is 4.98 Å². The van der Waals surface area contributed by atoms with Crippen molar-refractivity contribution in [3.8, 4) is 0 Å². The summed E-state index contributed by atoms with van der Waals surface area (Å²) in [5.41, 5.74) is 6.81. The fraction of sp³-hybridized carbons (Fsp3) is 0.300. The van der Waals surface area contributed by atoms with Crippen LogP contribution in [0.2, 0.25) is 0 Å². The molecular formula is C10H12N2O3S. The molecule has 0 radical (unpaired) electrons. The first-order valence-electron chi connectivity index (χ1n) is 4.70. The maximum Gasteiger partial charge on any atom is 0.358 e. The second-order valence-corrected chi connectivity index (χ2v) is 3.74. The average Bonchev–Trinajstić information content (AvgIpc) is 2.66. The van der Waals surface area contributed by atoms with Gasteiger partial charge in [0.25, 0.3) is 0 Å². The third-order valence-corrected chi connectivity index (χ3v) is 2.45. The number of carbonyl (C=O) groups excluding carboxylic acids is 2.